The summed E-state index contributed by atoms with van der Waals surface area (Å²) in [6, 6.07) is 1.78. The lowest BCUT2D eigenvalue weighted by Gasteiger charge is -2.32. The second-order valence-corrected chi connectivity index (χ2v) is 6.79. The van der Waals surface area contributed by atoms with E-state index in [2.05, 4.69) is 30.7 Å². The van der Waals surface area contributed by atoms with Crippen molar-refractivity contribution in [3.63, 3.8) is 0 Å². The highest BCUT2D eigenvalue weighted by molar-refractivity contribution is 5.88. The number of nitrogens with zero attached hydrogens (tertiary/aromatic N) is 5. The molecular formula is C18H21F2N7O. The van der Waals surface area contributed by atoms with E-state index in [-0.39, 0.29) is 26.1 Å². The van der Waals surface area contributed by atoms with Gasteiger partial charge in [0.2, 0.25) is 0 Å². The molecule has 0 spiro atoms. The molecule has 1 fully saturated rings. The van der Waals surface area contributed by atoms with E-state index in [1.54, 1.807) is 35.5 Å². The van der Waals surface area contributed by atoms with Crippen LogP contribution in [0.1, 0.15) is 6.42 Å². The molecule has 0 saturated carbocycles. The molecule has 10 heteroatoms. The van der Waals surface area contributed by atoms with E-state index < -0.39 is 11.8 Å². The van der Waals surface area contributed by atoms with E-state index in [0.717, 1.165) is 5.56 Å². The number of anilines is 1. The van der Waals surface area contributed by atoms with E-state index >= 15 is 0 Å². The minimum absolute atomic E-state index is 0.0197. The van der Waals surface area contributed by atoms with Crippen molar-refractivity contribution in [2.45, 2.75) is 18.9 Å². The summed E-state index contributed by atoms with van der Waals surface area (Å²) in [6.45, 7) is 1.00. The van der Waals surface area contributed by atoms with E-state index in [9.17, 15) is 8.78 Å². The number of piperidine rings is 1. The monoisotopic (exact) mass is 389 g/mol. The normalized spacial score (nSPS) is 19.0. The first-order chi connectivity index (χ1) is 13.6. The van der Waals surface area contributed by atoms with Crippen LogP contribution in [0.5, 0.6) is 0 Å². The zero-order chi connectivity index (χ0) is 19.6. The minimum atomic E-state index is -2.72. The third-order valence-corrected chi connectivity index (χ3v) is 4.85. The Morgan fingerprint density at radius 1 is 1.32 bits per heavy atom. The largest absolute Gasteiger partial charge is 0.394 e. The Balaban J connectivity index is 1.64. The first-order valence-corrected chi connectivity index (χ1v) is 9.15. The first-order valence-electron chi connectivity index (χ1n) is 9.15. The highest BCUT2D eigenvalue weighted by Gasteiger charge is 2.41. The molecule has 148 valence electrons. The Kier molecular flexibility index (Phi) is 5.14. The molecule has 0 amide bonds. The molecule has 1 atom stereocenters. The fourth-order valence-corrected chi connectivity index (χ4v) is 3.29. The number of aliphatic hydroxyl groups excluding tert-OH is 1. The molecule has 3 aromatic rings. The summed E-state index contributed by atoms with van der Waals surface area (Å²) in [7, 11) is 0. The minimum Gasteiger partial charge on any atom is -0.394 e. The number of aromatic nitrogens is 5. The lowest BCUT2D eigenvalue weighted by molar-refractivity contribution is -0.0728. The summed E-state index contributed by atoms with van der Waals surface area (Å²) in [6.07, 6.45) is 6.36. The smallest absolute Gasteiger partial charge is 0.255 e. The van der Waals surface area contributed by atoms with Crippen LogP contribution in [0, 0.1) is 5.92 Å². The molecule has 1 unspecified atom stereocenters. The Labute approximate surface area is 160 Å². The molecule has 4 heterocycles. The van der Waals surface area contributed by atoms with Crippen molar-refractivity contribution in [3.05, 3.63) is 30.9 Å². The van der Waals surface area contributed by atoms with Gasteiger partial charge in [0.1, 0.15) is 5.52 Å². The van der Waals surface area contributed by atoms with Gasteiger partial charge in [-0.3, -0.25) is 9.67 Å². The molecule has 8 nitrogen and oxygen atoms in total. The Morgan fingerprint density at radius 3 is 3.00 bits per heavy atom. The Bertz CT molecular complexity index is 962. The topological polar surface area (TPSA) is 101 Å². The van der Waals surface area contributed by atoms with Gasteiger partial charge in [-0.1, -0.05) is 0 Å². The molecule has 28 heavy (non-hydrogen) atoms. The SMILES string of the molecule is OCCn1cc(-c2cc3nccnc3c(NCC3CNCCC3(F)F)n2)cn1. The molecule has 1 aliphatic heterocycles. The van der Waals surface area contributed by atoms with Gasteiger partial charge in [0.05, 0.1) is 36.5 Å². The number of nitrogens with one attached hydrogen (secondary N) is 2. The van der Waals surface area contributed by atoms with Gasteiger partial charge in [-0.2, -0.15) is 5.10 Å². The van der Waals surface area contributed by atoms with Crippen molar-refractivity contribution in [3.8, 4) is 11.3 Å². The highest BCUT2D eigenvalue weighted by Crippen LogP contribution is 2.31. The predicted molar refractivity (Wildman–Crippen MR) is 100 cm³/mol. The molecule has 1 saturated heterocycles. The number of halogens is 2. The van der Waals surface area contributed by atoms with Gasteiger partial charge in [-0.25, -0.2) is 18.7 Å². The van der Waals surface area contributed by atoms with Crippen molar-refractivity contribution in [2.24, 2.45) is 5.92 Å². The quantitative estimate of drug-likeness (QED) is 0.588. The lowest BCUT2D eigenvalue weighted by atomic mass is 9.95. The standard InChI is InChI=1S/C18H21F2N7O/c19-18(20)1-2-21-9-13(18)10-24-17-16-15(22-3-4-23-16)7-14(26-17)12-8-25-27(11-12)5-6-28/h3-4,7-8,11,13,21,28H,1-2,5-6,9-10H2,(H,24,26). The van der Waals surface area contributed by atoms with Crippen molar-refractivity contribution in [1.29, 1.82) is 0 Å². The molecule has 1 aliphatic rings. The van der Waals surface area contributed by atoms with Crippen LogP contribution in [-0.2, 0) is 6.54 Å². The molecule has 0 aliphatic carbocycles. The summed E-state index contributed by atoms with van der Waals surface area (Å²) in [5, 5.41) is 19.3. The van der Waals surface area contributed by atoms with Gasteiger partial charge in [0.25, 0.3) is 5.92 Å². The van der Waals surface area contributed by atoms with Gasteiger partial charge in [0.15, 0.2) is 5.82 Å². The fourth-order valence-electron chi connectivity index (χ4n) is 3.29. The molecule has 4 rings (SSSR count). The van der Waals surface area contributed by atoms with Gasteiger partial charge in [-0.05, 0) is 6.07 Å². The van der Waals surface area contributed by atoms with Crippen LogP contribution < -0.4 is 10.6 Å². The lowest BCUT2D eigenvalue weighted by Crippen LogP contribution is -2.47. The van der Waals surface area contributed by atoms with Crippen LogP contribution in [0.2, 0.25) is 0 Å². The first kappa shape index (κ1) is 18.6. The van der Waals surface area contributed by atoms with E-state index in [1.807, 2.05) is 0 Å². The van der Waals surface area contributed by atoms with Gasteiger partial charge < -0.3 is 15.7 Å². The highest BCUT2D eigenvalue weighted by atomic mass is 19.3. The van der Waals surface area contributed by atoms with Crippen LogP contribution in [0.3, 0.4) is 0 Å². The van der Waals surface area contributed by atoms with Crippen molar-refractivity contribution >= 4 is 16.9 Å². The van der Waals surface area contributed by atoms with E-state index in [1.165, 1.54) is 0 Å². The maximum atomic E-state index is 14.1. The van der Waals surface area contributed by atoms with Crippen LogP contribution in [-0.4, -0.2) is 62.0 Å². The summed E-state index contributed by atoms with van der Waals surface area (Å²) in [4.78, 5) is 13.2. The number of aliphatic hydroxyl groups is 1. The maximum absolute atomic E-state index is 14.1. The zero-order valence-corrected chi connectivity index (χ0v) is 15.1. The number of alkyl halides is 2. The Hall–Kier alpha value is -2.72. The summed E-state index contributed by atoms with van der Waals surface area (Å²) >= 11 is 0. The number of hydrogen-bond donors (Lipinski definition) is 3. The predicted octanol–water partition coefficient (Wildman–Crippen LogP) is 1.54. The molecule has 0 aromatic carbocycles. The van der Waals surface area contributed by atoms with Gasteiger partial charge >= 0.3 is 0 Å². The molecule has 3 aromatic heterocycles. The van der Waals surface area contributed by atoms with Crippen molar-refractivity contribution in [2.75, 3.05) is 31.6 Å². The third kappa shape index (κ3) is 3.78. The van der Waals surface area contributed by atoms with Gasteiger partial charge in [-0.15, -0.1) is 0 Å². The molecule has 3 N–H and O–H groups in total. The summed E-state index contributed by atoms with van der Waals surface area (Å²) < 4.78 is 29.9. The van der Waals surface area contributed by atoms with Crippen LogP contribution in [0.15, 0.2) is 30.9 Å². The zero-order valence-electron chi connectivity index (χ0n) is 15.1. The third-order valence-electron chi connectivity index (χ3n) is 4.85. The fraction of sp³-hybridized carbons (Fsp3) is 0.444. The van der Waals surface area contributed by atoms with Crippen LogP contribution in [0.4, 0.5) is 14.6 Å². The van der Waals surface area contributed by atoms with E-state index in [0.29, 0.717) is 35.6 Å². The number of pyridine rings is 1. The van der Waals surface area contributed by atoms with Crippen LogP contribution in [0.25, 0.3) is 22.3 Å². The molecule has 0 bridgehead atoms. The second-order valence-electron chi connectivity index (χ2n) is 6.79. The van der Waals surface area contributed by atoms with Gasteiger partial charge in [0, 0.05) is 50.2 Å². The number of fused-ring (bicyclic) bond motifs is 1. The van der Waals surface area contributed by atoms with Crippen molar-refractivity contribution in [1.82, 2.24) is 30.0 Å². The molecular weight excluding hydrogens is 368 g/mol. The maximum Gasteiger partial charge on any atom is 0.255 e. The summed E-state index contributed by atoms with van der Waals surface area (Å²) in [5.41, 5.74) is 2.49. The number of hydrogen-bond acceptors (Lipinski definition) is 7. The average molecular weight is 389 g/mol. The average Bonchev–Trinajstić information content (AvgIpc) is 3.15. The van der Waals surface area contributed by atoms with Crippen LogP contribution >= 0.6 is 0 Å². The van der Waals surface area contributed by atoms with Crippen molar-refractivity contribution < 1.29 is 13.9 Å². The second kappa shape index (κ2) is 7.72. The molecule has 0 radical (unpaired) electrons. The van der Waals surface area contributed by atoms with E-state index in [4.69, 9.17) is 5.11 Å². The summed E-state index contributed by atoms with van der Waals surface area (Å²) in [5.74, 6) is -3.13. The Morgan fingerprint density at radius 2 is 2.18 bits per heavy atom. The number of rotatable bonds is 6.